The molecule has 0 saturated carbocycles. The molecule has 1 fully saturated rings. The number of ether oxygens (including phenoxy) is 1. The van der Waals surface area contributed by atoms with Crippen LogP contribution in [0.3, 0.4) is 0 Å². The zero-order valence-electron chi connectivity index (χ0n) is 20.1. The molecule has 1 aliphatic heterocycles. The molecular formula is C27H23N3O6S. The van der Waals surface area contributed by atoms with E-state index in [1.807, 2.05) is 32.0 Å². The molecule has 3 aromatic carbocycles. The van der Waals surface area contributed by atoms with Crippen molar-refractivity contribution in [3.63, 3.8) is 0 Å². The summed E-state index contributed by atoms with van der Waals surface area (Å²) in [6.45, 7) is 3.55. The van der Waals surface area contributed by atoms with E-state index in [0.29, 0.717) is 11.3 Å². The maximum Gasteiger partial charge on any atom is 0.293 e. The highest BCUT2D eigenvalue weighted by molar-refractivity contribution is 8.18. The van der Waals surface area contributed by atoms with Crippen LogP contribution in [-0.4, -0.2) is 33.5 Å². The van der Waals surface area contributed by atoms with Crippen molar-refractivity contribution in [2.75, 3.05) is 11.9 Å². The molecule has 0 spiro atoms. The molecular weight excluding hydrogens is 494 g/mol. The Hall–Kier alpha value is -4.44. The number of nitrogens with zero attached hydrogens (tertiary/aromatic N) is 2. The smallest absolute Gasteiger partial charge is 0.293 e. The molecule has 1 aliphatic rings. The summed E-state index contributed by atoms with van der Waals surface area (Å²) in [7, 11) is 0. The standard InChI is InChI=1S/C27H23N3O6S/c1-17-6-5-8-22(18(17)2)28-25(31)16-36-21-12-10-19(11-13-21)14-24-26(32)29(27(33)37-24)15-20-7-3-4-9-23(20)30(34)35/h3-14H,15-16H2,1-2H3,(H,28,31)/b24-14-. The first kappa shape index (κ1) is 25.6. The number of hydrogen-bond donors (Lipinski definition) is 1. The van der Waals surface area contributed by atoms with E-state index in [1.165, 1.54) is 18.2 Å². The van der Waals surface area contributed by atoms with E-state index in [1.54, 1.807) is 36.4 Å². The fourth-order valence-electron chi connectivity index (χ4n) is 3.66. The van der Waals surface area contributed by atoms with Crippen LogP contribution in [0.2, 0.25) is 0 Å². The normalized spacial score (nSPS) is 14.2. The van der Waals surface area contributed by atoms with E-state index in [0.717, 1.165) is 33.5 Å². The minimum absolute atomic E-state index is 0.149. The Bertz CT molecular complexity index is 1420. The summed E-state index contributed by atoms with van der Waals surface area (Å²) in [5.41, 5.74) is 3.59. The number of nitro benzene ring substituents is 1. The van der Waals surface area contributed by atoms with Gasteiger partial charge in [-0.3, -0.25) is 29.4 Å². The van der Waals surface area contributed by atoms with Gasteiger partial charge in [-0.25, -0.2) is 0 Å². The summed E-state index contributed by atoms with van der Waals surface area (Å²) in [6.07, 6.45) is 1.57. The summed E-state index contributed by atoms with van der Waals surface area (Å²) in [4.78, 5) is 49.5. The van der Waals surface area contributed by atoms with Gasteiger partial charge in [0.1, 0.15) is 5.75 Å². The van der Waals surface area contributed by atoms with Crippen LogP contribution in [0.15, 0.2) is 71.6 Å². The van der Waals surface area contributed by atoms with Gasteiger partial charge in [-0.1, -0.05) is 42.5 Å². The summed E-state index contributed by atoms with van der Waals surface area (Å²) in [6, 6.07) is 18.4. The molecule has 0 radical (unpaired) electrons. The Morgan fingerprint density at radius 1 is 1.05 bits per heavy atom. The number of rotatable bonds is 8. The van der Waals surface area contributed by atoms with E-state index in [-0.39, 0.29) is 35.2 Å². The van der Waals surface area contributed by atoms with Crippen LogP contribution >= 0.6 is 11.8 Å². The van der Waals surface area contributed by atoms with Gasteiger partial charge in [-0.2, -0.15) is 0 Å². The lowest BCUT2D eigenvalue weighted by Gasteiger charge is -2.12. The third-order valence-corrected chi connectivity index (χ3v) is 6.72. The highest BCUT2D eigenvalue weighted by atomic mass is 32.2. The first-order valence-electron chi connectivity index (χ1n) is 11.3. The maximum absolute atomic E-state index is 12.8. The molecule has 0 aliphatic carbocycles. The van der Waals surface area contributed by atoms with E-state index >= 15 is 0 Å². The second-order valence-electron chi connectivity index (χ2n) is 8.31. The fraction of sp³-hybridized carbons (Fsp3) is 0.148. The van der Waals surface area contributed by atoms with Gasteiger partial charge in [-0.05, 0) is 66.6 Å². The van der Waals surface area contributed by atoms with Crippen LogP contribution in [0.4, 0.5) is 16.2 Å². The molecule has 0 atom stereocenters. The first-order valence-corrected chi connectivity index (χ1v) is 12.1. The Morgan fingerprint density at radius 3 is 2.51 bits per heavy atom. The van der Waals surface area contributed by atoms with Crippen molar-refractivity contribution >= 4 is 46.3 Å². The third kappa shape index (κ3) is 6.04. The van der Waals surface area contributed by atoms with E-state index in [2.05, 4.69) is 5.32 Å². The molecule has 1 N–H and O–H groups in total. The number of imide groups is 1. The highest BCUT2D eigenvalue weighted by Gasteiger charge is 2.36. The lowest BCUT2D eigenvalue weighted by molar-refractivity contribution is -0.385. The predicted octanol–water partition coefficient (Wildman–Crippen LogP) is 5.47. The number of anilines is 1. The maximum atomic E-state index is 12.8. The summed E-state index contributed by atoms with van der Waals surface area (Å²) in [5.74, 6) is -0.334. The molecule has 0 aromatic heterocycles. The molecule has 1 saturated heterocycles. The van der Waals surface area contributed by atoms with E-state index < -0.39 is 16.1 Å². The molecule has 0 unspecified atom stereocenters. The molecule has 3 amide bonds. The number of para-hydroxylation sites is 1. The van der Waals surface area contributed by atoms with Crippen LogP contribution in [-0.2, 0) is 16.1 Å². The molecule has 37 heavy (non-hydrogen) atoms. The number of carbonyl (C=O) groups excluding carboxylic acids is 3. The van der Waals surface area contributed by atoms with Crippen molar-refractivity contribution in [3.05, 3.63) is 104 Å². The number of carbonyl (C=O) groups is 3. The molecule has 1 heterocycles. The van der Waals surface area contributed by atoms with Crippen molar-refractivity contribution in [2.24, 2.45) is 0 Å². The van der Waals surface area contributed by atoms with Gasteiger partial charge >= 0.3 is 0 Å². The molecule has 0 bridgehead atoms. The van der Waals surface area contributed by atoms with Gasteiger partial charge in [0.15, 0.2) is 6.61 Å². The van der Waals surface area contributed by atoms with Crippen molar-refractivity contribution < 1.29 is 24.0 Å². The number of thioether (sulfide) groups is 1. The van der Waals surface area contributed by atoms with Crippen molar-refractivity contribution in [1.29, 1.82) is 0 Å². The second kappa shape index (κ2) is 11.1. The molecule has 9 nitrogen and oxygen atoms in total. The van der Waals surface area contributed by atoms with E-state index in [9.17, 15) is 24.5 Å². The highest BCUT2D eigenvalue weighted by Crippen LogP contribution is 2.34. The quantitative estimate of drug-likeness (QED) is 0.239. The van der Waals surface area contributed by atoms with Crippen LogP contribution in [0.1, 0.15) is 22.3 Å². The predicted molar refractivity (Wildman–Crippen MR) is 141 cm³/mol. The lowest BCUT2D eigenvalue weighted by Crippen LogP contribution is -2.27. The number of benzene rings is 3. The monoisotopic (exact) mass is 517 g/mol. The van der Waals surface area contributed by atoms with Crippen LogP contribution in [0, 0.1) is 24.0 Å². The number of nitro groups is 1. The van der Waals surface area contributed by atoms with Gasteiger partial charge in [0.05, 0.1) is 16.4 Å². The zero-order valence-corrected chi connectivity index (χ0v) is 20.9. The number of nitrogens with one attached hydrogen (secondary N) is 1. The van der Waals surface area contributed by atoms with Gasteiger partial charge < -0.3 is 10.1 Å². The molecule has 4 rings (SSSR count). The van der Waals surface area contributed by atoms with Crippen molar-refractivity contribution in [3.8, 4) is 5.75 Å². The van der Waals surface area contributed by atoms with Crippen LogP contribution in [0.5, 0.6) is 5.75 Å². The van der Waals surface area contributed by atoms with Crippen molar-refractivity contribution in [1.82, 2.24) is 4.90 Å². The minimum Gasteiger partial charge on any atom is -0.484 e. The van der Waals surface area contributed by atoms with Gasteiger partial charge in [-0.15, -0.1) is 0 Å². The average molecular weight is 518 g/mol. The van der Waals surface area contributed by atoms with Crippen LogP contribution < -0.4 is 10.1 Å². The van der Waals surface area contributed by atoms with Gasteiger partial charge in [0.25, 0.3) is 22.7 Å². The first-order chi connectivity index (χ1) is 17.7. The van der Waals surface area contributed by atoms with E-state index in [4.69, 9.17) is 4.74 Å². The summed E-state index contributed by atoms with van der Waals surface area (Å²) in [5, 5.41) is 13.6. The molecule has 10 heteroatoms. The Balaban J connectivity index is 1.37. The Morgan fingerprint density at radius 2 is 1.78 bits per heavy atom. The van der Waals surface area contributed by atoms with Gasteiger partial charge in [0.2, 0.25) is 0 Å². The lowest BCUT2D eigenvalue weighted by atomic mass is 10.1. The van der Waals surface area contributed by atoms with Crippen LogP contribution in [0.25, 0.3) is 6.08 Å². The van der Waals surface area contributed by atoms with Gasteiger partial charge in [0, 0.05) is 17.3 Å². The Labute approximate surface area is 217 Å². The summed E-state index contributed by atoms with van der Waals surface area (Å²) >= 11 is 0.776. The number of hydrogen-bond acceptors (Lipinski definition) is 7. The molecule has 3 aromatic rings. The second-order valence-corrected chi connectivity index (χ2v) is 9.30. The topological polar surface area (TPSA) is 119 Å². The number of amides is 3. The largest absolute Gasteiger partial charge is 0.484 e. The third-order valence-electron chi connectivity index (χ3n) is 5.82. The SMILES string of the molecule is Cc1cccc(NC(=O)COc2ccc(/C=C3\SC(=O)N(Cc4ccccc4[N+](=O)[O-])C3=O)cc2)c1C. The average Bonchev–Trinajstić information content (AvgIpc) is 3.14. The number of aryl methyl sites for hydroxylation is 1. The Kier molecular flexibility index (Phi) is 7.69. The molecule has 188 valence electrons. The van der Waals surface area contributed by atoms with Crippen molar-refractivity contribution in [2.45, 2.75) is 20.4 Å². The fourth-order valence-corrected chi connectivity index (χ4v) is 4.50. The zero-order chi connectivity index (χ0) is 26.5. The summed E-state index contributed by atoms with van der Waals surface area (Å²) < 4.78 is 5.56. The minimum atomic E-state index is -0.541.